The third-order valence-corrected chi connectivity index (χ3v) is 4.75. The normalized spacial score (nSPS) is 21.2. The molecule has 1 heterocycles. The molecule has 2 aliphatic rings. The monoisotopic (exact) mass is 294 g/mol. The van der Waals surface area contributed by atoms with Gasteiger partial charge in [0.2, 0.25) is 11.8 Å². The number of hydrogen-bond donors (Lipinski definition) is 1. The fraction of sp³-hybridized carbons (Fsp3) is 0.812. The summed E-state index contributed by atoms with van der Waals surface area (Å²) in [6.07, 6.45) is 9.58. The van der Waals surface area contributed by atoms with Crippen molar-refractivity contribution < 1.29 is 14.4 Å². The van der Waals surface area contributed by atoms with Gasteiger partial charge >= 0.3 is 6.03 Å². The molecule has 0 bridgehead atoms. The molecule has 1 saturated carbocycles. The van der Waals surface area contributed by atoms with Crippen LogP contribution in [0.25, 0.3) is 0 Å². The van der Waals surface area contributed by atoms with E-state index < -0.39 is 11.4 Å². The Hall–Kier alpha value is -1.39. The van der Waals surface area contributed by atoms with Crippen LogP contribution in [-0.4, -0.2) is 29.3 Å². The molecule has 0 radical (unpaired) electrons. The molecule has 1 aliphatic carbocycles. The van der Waals surface area contributed by atoms with Crippen molar-refractivity contribution >= 4 is 17.8 Å². The topological polar surface area (TPSA) is 66.5 Å². The molecule has 1 N–H and O–H groups in total. The molecule has 2 fully saturated rings. The van der Waals surface area contributed by atoms with Gasteiger partial charge in [0.25, 0.3) is 0 Å². The predicted octanol–water partition coefficient (Wildman–Crippen LogP) is 2.99. The highest BCUT2D eigenvalue weighted by atomic mass is 16.2. The van der Waals surface area contributed by atoms with E-state index in [1.165, 1.54) is 24.2 Å². The van der Waals surface area contributed by atoms with Crippen molar-refractivity contribution in [2.45, 2.75) is 71.1 Å². The number of amides is 4. The van der Waals surface area contributed by atoms with Crippen LogP contribution in [0.2, 0.25) is 0 Å². The van der Waals surface area contributed by atoms with Crippen molar-refractivity contribution in [1.82, 2.24) is 10.2 Å². The summed E-state index contributed by atoms with van der Waals surface area (Å²) in [5.74, 6) is -0.642. The molecule has 21 heavy (non-hydrogen) atoms. The summed E-state index contributed by atoms with van der Waals surface area (Å²) < 4.78 is 0. The van der Waals surface area contributed by atoms with Crippen LogP contribution >= 0.6 is 0 Å². The zero-order chi connectivity index (χ0) is 15.3. The van der Waals surface area contributed by atoms with Crippen molar-refractivity contribution in [1.29, 1.82) is 0 Å². The molecule has 0 aromatic carbocycles. The first-order chi connectivity index (χ1) is 10.1. The van der Waals surface area contributed by atoms with Crippen LogP contribution in [0.15, 0.2) is 0 Å². The van der Waals surface area contributed by atoms with Crippen molar-refractivity contribution in [3.05, 3.63) is 0 Å². The molecule has 4 amide bonds. The lowest BCUT2D eigenvalue weighted by molar-refractivity contribution is -0.151. The molecule has 0 aromatic heterocycles. The van der Waals surface area contributed by atoms with Crippen LogP contribution in [0.1, 0.15) is 71.1 Å². The van der Waals surface area contributed by atoms with Crippen LogP contribution in [0, 0.1) is 5.41 Å². The lowest BCUT2D eigenvalue weighted by Crippen LogP contribution is -2.63. The smallest absolute Gasteiger partial charge is 0.277 e. The van der Waals surface area contributed by atoms with Gasteiger partial charge in [0.05, 0.1) is 0 Å². The van der Waals surface area contributed by atoms with Gasteiger partial charge in [-0.1, -0.05) is 51.9 Å². The number of nitrogens with zero attached hydrogens (tertiary/aromatic N) is 1. The lowest BCUT2D eigenvalue weighted by Gasteiger charge is -2.36. The molecule has 0 unspecified atom stereocenters. The fourth-order valence-electron chi connectivity index (χ4n) is 3.40. The molecule has 1 spiro atoms. The second kappa shape index (κ2) is 7.05. The van der Waals surface area contributed by atoms with Gasteiger partial charge in [-0.2, -0.15) is 0 Å². The van der Waals surface area contributed by atoms with E-state index in [0.29, 0.717) is 19.4 Å². The Morgan fingerprint density at radius 1 is 1.00 bits per heavy atom. The second-order valence-electron chi connectivity index (χ2n) is 6.27. The summed E-state index contributed by atoms with van der Waals surface area (Å²) in [6, 6.07) is -0.531. The number of rotatable bonds is 7. The van der Waals surface area contributed by atoms with Gasteiger partial charge < -0.3 is 0 Å². The fourth-order valence-corrected chi connectivity index (χ4v) is 3.40. The van der Waals surface area contributed by atoms with Gasteiger partial charge in [0, 0.05) is 6.54 Å². The van der Waals surface area contributed by atoms with Gasteiger partial charge in [0.15, 0.2) is 0 Å². The van der Waals surface area contributed by atoms with E-state index >= 15 is 0 Å². The summed E-state index contributed by atoms with van der Waals surface area (Å²) in [5, 5.41) is 2.38. The quantitative estimate of drug-likeness (QED) is 0.580. The number of urea groups is 1. The van der Waals surface area contributed by atoms with Gasteiger partial charge in [0.1, 0.15) is 5.41 Å². The SMILES string of the molecule is CCCCCCCCN1C(=O)NC(=O)C2(CCCC2)C1=O. The van der Waals surface area contributed by atoms with Crippen LogP contribution in [-0.2, 0) is 9.59 Å². The summed E-state index contributed by atoms with van der Waals surface area (Å²) in [5.41, 5.74) is -0.948. The van der Waals surface area contributed by atoms with E-state index in [9.17, 15) is 14.4 Å². The van der Waals surface area contributed by atoms with Crippen LogP contribution in [0.4, 0.5) is 4.79 Å². The zero-order valence-electron chi connectivity index (χ0n) is 13.0. The van der Waals surface area contributed by atoms with E-state index in [2.05, 4.69) is 12.2 Å². The first-order valence-electron chi connectivity index (χ1n) is 8.29. The van der Waals surface area contributed by atoms with Crippen molar-refractivity contribution in [3.8, 4) is 0 Å². The van der Waals surface area contributed by atoms with Crippen molar-refractivity contribution in [2.24, 2.45) is 5.41 Å². The Bertz CT molecular complexity index is 414. The molecule has 0 atom stereocenters. The van der Waals surface area contributed by atoms with E-state index in [4.69, 9.17) is 0 Å². The lowest BCUT2D eigenvalue weighted by atomic mass is 9.82. The van der Waals surface area contributed by atoms with E-state index in [1.54, 1.807) is 0 Å². The van der Waals surface area contributed by atoms with Crippen molar-refractivity contribution in [3.63, 3.8) is 0 Å². The molecule has 2 rings (SSSR count). The van der Waals surface area contributed by atoms with Crippen molar-refractivity contribution in [2.75, 3.05) is 6.54 Å². The molecule has 0 aromatic rings. The standard InChI is InChI=1S/C16H26N2O3/c1-2-3-4-5-6-9-12-18-14(20)16(10-7-8-11-16)13(19)17-15(18)21/h2-12H2,1H3,(H,17,19,21). The van der Waals surface area contributed by atoms with Gasteiger partial charge in [-0.15, -0.1) is 0 Å². The second-order valence-corrected chi connectivity index (χ2v) is 6.27. The van der Waals surface area contributed by atoms with Gasteiger partial charge in [-0.25, -0.2) is 4.79 Å². The highest BCUT2D eigenvalue weighted by Gasteiger charge is 2.54. The Kier molecular flexibility index (Phi) is 5.37. The van der Waals surface area contributed by atoms with Crippen LogP contribution < -0.4 is 5.32 Å². The average molecular weight is 294 g/mol. The molecular formula is C16H26N2O3. The molecular weight excluding hydrogens is 268 g/mol. The Labute approximate surface area is 126 Å². The maximum Gasteiger partial charge on any atom is 0.330 e. The molecule has 1 saturated heterocycles. The minimum atomic E-state index is -0.948. The third kappa shape index (κ3) is 3.27. The minimum absolute atomic E-state index is 0.262. The number of carbonyl (C=O) groups excluding carboxylic acids is 3. The highest BCUT2D eigenvalue weighted by Crippen LogP contribution is 2.41. The third-order valence-electron chi connectivity index (χ3n) is 4.75. The summed E-state index contributed by atoms with van der Waals surface area (Å²) in [7, 11) is 0. The van der Waals surface area contributed by atoms with Crippen LogP contribution in [0.3, 0.4) is 0 Å². The first kappa shape index (κ1) is 16.0. The average Bonchev–Trinajstić information content (AvgIpc) is 2.95. The summed E-state index contributed by atoms with van der Waals surface area (Å²) in [4.78, 5) is 37.8. The van der Waals surface area contributed by atoms with E-state index in [-0.39, 0.29) is 11.8 Å². The number of carbonyl (C=O) groups is 3. The molecule has 5 heteroatoms. The van der Waals surface area contributed by atoms with Gasteiger partial charge in [-0.05, 0) is 19.3 Å². The number of unbranched alkanes of at least 4 members (excludes halogenated alkanes) is 5. The number of imide groups is 2. The maximum absolute atomic E-state index is 12.6. The highest BCUT2D eigenvalue weighted by molar-refractivity contribution is 6.19. The first-order valence-corrected chi connectivity index (χ1v) is 8.29. The Morgan fingerprint density at radius 2 is 1.62 bits per heavy atom. The maximum atomic E-state index is 12.6. The summed E-state index contributed by atoms with van der Waals surface area (Å²) in [6.45, 7) is 2.61. The Balaban J connectivity index is 1.88. The molecule has 118 valence electrons. The van der Waals surface area contributed by atoms with Gasteiger partial charge in [-0.3, -0.25) is 19.8 Å². The number of hydrogen-bond acceptors (Lipinski definition) is 3. The molecule has 1 aliphatic heterocycles. The number of nitrogens with one attached hydrogen (secondary N) is 1. The minimum Gasteiger partial charge on any atom is -0.277 e. The number of barbiturate groups is 1. The predicted molar refractivity (Wildman–Crippen MR) is 79.5 cm³/mol. The summed E-state index contributed by atoms with van der Waals surface area (Å²) >= 11 is 0. The Morgan fingerprint density at radius 3 is 2.29 bits per heavy atom. The zero-order valence-corrected chi connectivity index (χ0v) is 13.0. The van der Waals surface area contributed by atoms with E-state index in [1.807, 2.05) is 0 Å². The largest absolute Gasteiger partial charge is 0.330 e. The van der Waals surface area contributed by atoms with Crippen LogP contribution in [0.5, 0.6) is 0 Å². The molecule has 5 nitrogen and oxygen atoms in total. The van der Waals surface area contributed by atoms with E-state index in [0.717, 1.165) is 32.1 Å².